The molecule has 0 fully saturated rings. The van der Waals surface area contributed by atoms with Gasteiger partial charge in [-0.15, -0.1) is 0 Å². The summed E-state index contributed by atoms with van der Waals surface area (Å²) in [6, 6.07) is 17.6. The summed E-state index contributed by atoms with van der Waals surface area (Å²) in [5.41, 5.74) is 3.93. The molecule has 0 amide bonds. The van der Waals surface area contributed by atoms with Crippen LogP contribution in [0.2, 0.25) is 0 Å². The molecule has 0 saturated heterocycles. The predicted octanol–water partition coefficient (Wildman–Crippen LogP) is 4.82. The van der Waals surface area contributed by atoms with Gasteiger partial charge in [0, 0.05) is 17.8 Å². The first-order valence-corrected chi connectivity index (χ1v) is 10.4. The standard InChI is InChI=1S/C23H24N4O2S/c1-4-14-27-15(2)19(20(24-23(27)30)16-8-6-5-7-9-16)22-25-21(26-29-22)17-10-12-18(28-3)13-11-17/h5-13,20H,4,14H2,1-3H3,(H,24,30). The fourth-order valence-electron chi connectivity index (χ4n) is 3.64. The third kappa shape index (κ3) is 3.80. The Morgan fingerprint density at radius 2 is 1.87 bits per heavy atom. The molecule has 2 heterocycles. The van der Waals surface area contributed by atoms with Crippen LogP contribution >= 0.6 is 12.2 Å². The average molecular weight is 421 g/mol. The van der Waals surface area contributed by atoms with E-state index in [4.69, 9.17) is 26.5 Å². The third-order valence-corrected chi connectivity index (χ3v) is 5.52. The van der Waals surface area contributed by atoms with E-state index in [-0.39, 0.29) is 6.04 Å². The molecule has 1 aliphatic heterocycles. The number of nitrogens with one attached hydrogen (secondary N) is 1. The minimum Gasteiger partial charge on any atom is -0.497 e. The van der Waals surface area contributed by atoms with E-state index in [0.717, 1.165) is 41.1 Å². The Kier molecular flexibility index (Phi) is 5.81. The van der Waals surface area contributed by atoms with E-state index in [1.165, 1.54) is 0 Å². The van der Waals surface area contributed by atoms with Crippen molar-refractivity contribution >= 4 is 22.9 Å². The Bertz CT molecular complexity index is 1060. The molecular weight excluding hydrogens is 396 g/mol. The van der Waals surface area contributed by atoms with E-state index in [1.807, 2.05) is 42.5 Å². The lowest BCUT2D eigenvalue weighted by atomic mass is 9.95. The summed E-state index contributed by atoms with van der Waals surface area (Å²) in [5.74, 6) is 1.81. The van der Waals surface area contributed by atoms with Gasteiger partial charge in [0.2, 0.25) is 5.82 Å². The van der Waals surface area contributed by atoms with Crippen molar-refractivity contribution in [3.63, 3.8) is 0 Å². The number of nitrogens with zero attached hydrogens (tertiary/aromatic N) is 3. The smallest absolute Gasteiger partial charge is 0.258 e. The Balaban J connectivity index is 1.77. The summed E-state index contributed by atoms with van der Waals surface area (Å²) < 4.78 is 11.0. The number of thiocarbonyl (C=S) groups is 1. The maximum Gasteiger partial charge on any atom is 0.258 e. The summed E-state index contributed by atoms with van der Waals surface area (Å²) in [4.78, 5) is 6.82. The van der Waals surface area contributed by atoms with E-state index in [9.17, 15) is 0 Å². The summed E-state index contributed by atoms with van der Waals surface area (Å²) in [6.07, 6.45) is 0.976. The Labute approximate surface area is 181 Å². The molecule has 30 heavy (non-hydrogen) atoms. The zero-order chi connectivity index (χ0) is 21.1. The molecule has 0 bridgehead atoms. The van der Waals surface area contributed by atoms with Crippen molar-refractivity contribution < 1.29 is 9.26 Å². The van der Waals surface area contributed by atoms with Crippen molar-refractivity contribution in [2.24, 2.45) is 0 Å². The number of aromatic nitrogens is 2. The van der Waals surface area contributed by atoms with E-state index >= 15 is 0 Å². The molecule has 1 N–H and O–H groups in total. The lowest BCUT2D eigenvalue weighted by molar-refractivity contribution is 0.396. The second kappa shape index (κ2) is 8.67. The molecule has 1 aliphatic rings. The molecule has 0 aliphatic carbocycles. The van der Waals surface area contributed by atoms with Crippen molar-refractivity contribution in [1.82, 2.24) is 20.4 Å². The lowest BCUT2D eigenvalue weighted by Crippen LogP contribution is -2.46. The highest BCUT2D eigenvalue weighted by Crippen LogP contribution is 2.37. The normalized spacial score (nSPS) is 16.6. The third-order valence-electron chi connectivity index (χ3n) is 5.18. The second-order valence-corrected chi connectivity index (χ2v) is 7.48. The van der Waals surface area contributed by atoms with Crippen LogP contribution in [0.5, 0.6) is 5.75 Å². The van der Waals surface area contributed by atoms with Gasteiger partial charge in [-0.3, -0.25) is 0 Å². The van der Waals surface area contributed by atoms with Crippen LogP contribution in [0.15, 0.2) is 64.8 Å². The summed E-state index contributed by atoms with van der Waals surface area (Å²) in [7, 11) is 1.64. The molecular formula is C23H24N4O2S. The lowest BCUT2D eigenvalue weighted by Gasteiger charge is -2.37. The molecule has 3 aromatic rings. The molecule has 2 aromatic carbocycles. The van der Waals surface area contributed by atoms with E-state index in [0.29, 0.717) is 16.8 Å². The Morgan fingerprint density at radius 3 is 2.53 bits per heavy atom. The molecule has 7 heteroatoms. The fourth-order valence-corrected chi connectivity index (χ4v) is 3.98. The van der Waals surface area contributed by atoms with Crippen molar-refractivity contribution in [1.29, 1.82) is 0 Å². The van der Waals surface area contributed by atoms with Gasteiger partial charge in [0.05, 0.1) is 18.7 Å². The maximum atomic E-state index is 5.74. The molecule has 4 rings (SSSR count). The van der Waals surface area contributed by atoms with Crippen LogP contribution in [0.3, 0.4) is 0 Å². The fraction of sp³-hybridized carbons (Fsp3) is 0.261. The molecule has 1 atom stereocenters. The highest BCUT2D eigenvalue weighted by molar-refractivity contribution is 7.80. The van der Waals surface area contributed by atoms with Gasteiger partial charge < -0.3 is 19.5 Å². The van der Waals surface area contributed by atoms with Gasteiger partial charge in [-0.2, -0.15) is 4.98 Å². The van der Waals surface area contributed by atoms with Crippen LogP contribution < -0.4 is 10.1 Å². The number of rotatable bonds is 6. The Hall–Kier alpha value is -3.19. The van der Waals surface area contributed by atoms with E-state index in [2.05, 4.69) is 41.4 Å². The summed E-state index contributed by atoms with van der Waals surface area (Å²) in [5, 5.41) is 8.41. The molecule has 0 saturated carbocycles. The monoisotopic (exact) mass is 420 g/mol. The molecule has 0 radical (unpaired) electrons. The maximum absolute atomic E-state index is 5.74. The largest absolute Gasteiger partial charge is 0.497 e. The van der Waals surface area contributed by atoms with Crippen LogP contribution in [0, 0.1) is 0 Å². The quantitative estimate of drug-likeness (QED) is 0.574. The zero-order valence-electron chi connectivity index (χ0n) is 17.3. The highest BCUT2D eigenvalue weighted by Gasteiger charge is 2.33. The molecule has 154 valence electrons. The number of methoxy groups -OCH3 is 1. The first kappa shape index (κ1) is 20.1. The topological polar surface area (TPSA) is 63.4 Å². The molecule has 6 nitrogen and oxygen atoms in total. The van der Waals surface area contributed by atoms with Crippen molar-refractivity contribution in [2.75, 3.05) is 13.7 Å². The number of benzene rings is 2. The van der Waals surface area contributed by atoms with Gasteiger partial charge in [0.15, 0.2) is 5.11 Å². The number of allylic oxidation sites excluding steroid dienone is 1. The van der Waals surface area contributed by atoms with Gasteiger partial charge in [0.25, 0.3) is 5.89 Å². The van der Waals surface area contributed by atoms with E-state index in [1.54, 1.807) is 7.11 Å². The van der Waals surface area contributed by atoms with Gasteiger partial charge in [-0.25, -0.2) is 0 Å². The van der Waals surface area contributed by atoms with Crippen LogP contribution in [0.4, 0.5) is 0 Å². The second-order valence-electron chi connectivity index (χ2n) is 7.10. The molecule has 0 spiro atoms. The van der Waals surface area contributed by atoms with Crippen LogP contribution in [-0.4, -0.2) is 33.8 Å². The zero-order valence-corrected chi connectivity index (χ0v) is 18.1. The van der Waals surface area contributed by atoms with Crippen LogP contribution in [0.25, 0.3) is 17.0 Å². The predicted molar refractivity (Wildman–Crippen MR) is 121 cm³/mol. The SMILES string of the molecule is CCCN1C(=S)NC(c2ccccc2)C(c2nc(-c3ccc(OC)cc3)no2)=C1C. The van der Waals surface area contributed by atoms with Gasteiger partial charge in [0.1, 0.15) is 5.75 Å². The van der Waals surface area contributed by atoms with Crippen molar-refractivity contribution in [2.45, 2.75) is 26.3 Å². The Morgan fingerprint density at radius 1 is 1.13 bits per heavy atom. The number of hydrogen-bond donors (Lipinski definition) is 1. The number of ether oxygens (including phenoxy) is 1. The minimum atomic E-state index is -0.157. The molecule has 1 unspecified atom stereocenters. The van der Waals surface area contributed by atoms with Crippen molar-refractivity contribution in [3.05, 3.63) is 71.7 Å². The molecule has 1 aromatic heterocycles. The minimum absolute atomic E-state index is 0.157. The van der Waals surface area contributed by atoms with Gasteiger partial charge in [-0.1, -0.05) is 42.4 Å². The average Bonchev–Trinajstić information content (AvgIpc) is 3.26. The first-order valence-electron chi connectivity index (χ1n) is 9.94. The van der Waals surface area contributed by atoms with Crippen LogP contribution in [-0.2, 0) is 0 Å². The van der Waals surface area contributed by atoms with Crippen LogP contribution in [0.1, 0.15) is 37.8 Å². The summed E-state index contributed by atoms with van der Waals surface area (Å²) in [6.45, 7) is 5.01. The first-order chi connectivity index (χ1) is 14.6. The highest BCUT2D eigenvalue weighted by atomic mass is 32.1. The van der Waals surface area contributed by atoms with Gasteiger partial charge in [-0.05, 0) is 55.4 Å². The summed E-state index contributed by atoms with van der Waals surface area (Å²) >= 11 is 5.66. The van der Waals surface area contributed by atoms with Crippen molar-refractivity contribution in [3.8, 4) is 17.1 Å². The van der Waals surface area contributed by atoms with Gasteiger partial charge >= 0.3 is 0 Å². The van der Waals surface area contributed by atoms with E-state index < -0.39 is 0 Å². The number of hydrogen-bond acceptors (Lipinski definition) is 5.